The molecule has 184 valence electrons. The van der Waals surface area contributed by atoms with Crippen molar-refractivity contribution in [1.82, 2.24) is 9.80 Å². The number of benzene rings is 2. The molecule has 0 N–H and O–H groups in total. The van der Waals surface area contributed by atoms with Crippen LogP contribution in [-0.2, 0) is 10.0 Å². The van der Waals surface area contributed by atoms with Crippen molar-refractivity contribution in [3.63, 3.8) is 0 Å². The number of aryl methyl sites for hydroxylation is 1. The van der Waals surface area contributed by atoms with Gasteiger partial charge >= 0.3 is 0 Å². The first-order valence-electron chi connectivity index (χ1n) is 11.1. The molecule has 0 saturated carbocycles. The molecule has 1 aliphatic rings. The summed E-state index contributed by atoms with van der Waals surface area (Å²) in [6.45, 7) is 3.22. The van der Waals surface area contributed by atoms with Crippen molar-refractivity contribution < 1.29 is 27.2 Å². The predicted molar refractivity (Wildman–Crippen MR) is 130 cm³/mol. The lowest BCUT2D eigenvalue weighted by atomic mass is 10.1. The lowest BCUT2D eigenvalue weighted by Gasteiger charge is -2.35. The van der Waals surface area contributed by atoms with Crippen molar-refractivity contribution in [3.05, 3.63) is 77.7 Å². The Kier molecular flexibility index (Phi) is 6.83. The average molecular weight is 498 g/mol. The number of carbonyl (C=O) groups is 2. The van der Waals surface area contributed by atoms with Gasteiger partial charge in [0.25, 0.3) is 21.8 Å². The van der Waals surface area contributed by atoms with Crippen molar-refractivity contribution in [3.8, 4) is 5.75 Å². The smallest absolute Gasteiger partial charge is 0.264 e. The molecular weight excluding hydrogens is 470 g/mol. The van der Waals surface area contributed by atoms with E-state index in [1.165, 1.54) is 38.8 Å². The minimum absolute atomic E-state index is 0.00799. The van der Waals surface area contributed by atoms with Gasteiger partial charge in [0.15, 0.2) is 0 Å². The van der Waals surface area contributed by atoms with Crippen LogP contribution in [0.3, 0.4) is 0 Å². The van der Waals surface area contributed by atoms with E-state index in [4.69, 9.17) is 9.15 Å². The normalized spacial score (nSPS) is 14.0. The maximum Gasteiger partial charge on any atom is 0.264 e. The van der Waals surface area contributed by atoms with Crippen LogP contribution in [0.15, 0.2) is 70.4 Å². The summed E-state index contributed by atoms with van der Waals surface area (Å²) >= 11 is 0. The van der Waals surface area contributed by atoms with Gasteiger partial charge in [0.2, 0.25) is 0 Å². The van der Waals surface area contributed by atoms with E-state index in [1.54, 1.807) is 53.1 Å². The number of anilines is 1. The van der Waals surface area contributed by atoms with Gasteiger partial charge in [-0.15, -0.1) is 0 Å². The van der Waals surface area contributed by atoms with Crippen LogP contribution in [-0.4, -0.2) is 70.4 Å². The Labute approximate surface area is 204 Å². The molecule has 0 aliphatic carbocycles. The van der Waals surface area contributed by atoms with Crippen molar-refractivity contribution in [1.29, 1.82) is 0 Å². The van der Waals surface area contributed by atoms with Gasteiger partial charge in [0.05, 0.1) is 29.5 Å². The molecule has 0 atom stereocenters. The highest BCUT2D eigenvalue weighted by atomic mass is 32.2. The quantitative estimate of drug-likeness (QED) is 0.519. The standard InChI is InChI=1S/C25H27N3O6S/c1-18-8-9-20(35(31,32)26(2)22-6-4-5-7-23(22)33-3)16-21(18)25(30)28-13-11-27(12-14-28)24(29)19-10-15-34-17-19/h4-10,15-17H,11-14H2,1-3H3. The summed E-state index contributed by atoms with van der Waals surface area (Å²) in [6.07, 6.45) is 2.85. The molecule has 1 aromatic heterocycles. The molecular formula is C25H27N3O6S. The number of piperazine rings is 1. The molecule has 10 heteroatoms. The van der Waals surface area contributed by atoms with Gasteiger partial charge in [-0.3, -0.25) is 13.9 Å². The molecule has 2 aromatic carbocycles. The van der Waals surface area contributed by atoms with Crippen LogP contribution in [0.2, 0.25) is 0 Å². The predicted octanol–water partition coefficient (Wildman–Crippen LogP) is 3.02. The van der Waals surface area contributed by atoms with Crippen LogP contribution in [0.25, 0.3) is 0 Å². The number of furan rings is 1. The number of sulfonamides is 1. The fourth-order valence-electron chi connectivity index (χ4n) is 4.02. The first-order chi connectivity index (χ1) is 16.7. The van der Waals surface area contributed by atoms with Crippen LogP contribution < -0.4 is 9.04 Å². The molecule has 2 amide bonds. The van der Waals surface area contributed by atoms with Gasteiger partial charge in [0.1, 0.15) is 12.0 Å². The van der Waals surface area contributed by atoms with Gasteiger partial charge < -0.3 is 19.0 Å². The van der Waals surface area contributed by atoms with Crippen molar-refractivity contribution in [2.75, 3.05) is 44.6 Å². The van der Waals surface area contributed by atoms with Crippen LogP contribution in [0.4, 0.5) is 5.69 Å². The summed E-state index contributed by atoms with van der Waals surface area (Å²) in [5.74, 6) is 0.00854. The number of methoxy groups -OCH3 is 1. The first-order valence-corrected chi connectivity index (χ1v) is 12.5. The first kappa shape index (κ1) is 24.3. The van der Waals surface area contributed by atoms with E-state index in [-0.39, 0.29) is 16.7 Å². The second-order valence-corrected chi connectivity index (χ2v) is 10.2. The van der Waals surface area contributed by atoms with Gasteiger partial charge in [-0.05, 0) is 42.8 Å². The van der Waals surface area contributed by atoms with Crippen LogP contribution in [0.1, 0.15) is 26.3 Å². The number of nitrogens with zero attached hydrogens (tertiary/aromatic N) is 3. The summed E-state index contributed by atoms with van der Waals surface area (Å²) in [4.78, 5) is 29.2. The summed E-state index contributed by atoms with van der Waals surface area (Å²) < 4.78 is 38.2. The maximum atomic E-state index is 13.4. The SMILES string of the molecule is COc1ccccc1N(C)S(=O)(=O)c1ccc(C)c(C(=O)N2CCN(C(=O)c3ccoc3)CC2)c1. The average Bonchev–Trinajstić information content (AvgIpc) is 3.42. The van der Waals surface area contributed by atoms with Gasteiger partial charge in [0, 0.05) is 38.8 Å². The molecule has 35 heavy (non-hydrogen) atoms. The number of ether oxygens (including phenoxy) is 1. The van der Waals surface area contributed by atoms with Crippen LogP contribution in [0.5, 0.6) is 5.75 Å². The Hall–Kier alpha value is -3.79. The zero-order valence-electron chi connectivity index (χ0n) is 19.8. The lowest BCUT2D eigenvalue weighted by Crippen LogP contribution is -2.50. The molecule has 1 aliphatic heterocycles. The number of hydrogen-bond acceptors (Lipinski definition) is 6. The molecule has 4 rings (SSSR count). The summed E-state index contributed by atoms with van der Waals surface area (Å²) in [5, 5.41) is 0. The molecule has 1 fully saturated rings. The van der Waals surface area contributed by atoms with Crippen molar-refractivity contribution in [2.45, 2.75) is 11.8 Å². The van der Waals surface area contributed by atoms with Crippen LogP contribution >= 0.6 is 0 Å². The van der Waals surface area contributed by atoms with E-state index in [1.807, 2.05) is 0 Å². The van der Waals surface area contributed by atoms with Crippen molar-refractivity contribution >= 4 is 27.5 Å². The number of rotatable bonds is 6. The highest BCUT2D eigenvalue weighted by Crippen LogP contribution is 2.31. The van der Waals surface area contributed by atoms with Crippen molar-refractivity contribution in [2.24, 2.45) is 0 Å². The Morgan fingerprint density at radius 2 is 1.63 bits per heavy atom. The van der Waals surface area contributed by atoms with E-state index < -0.39 is 10.0 Å². The second kappa shape index (κ2) is 9.83. The maximum absolute atomic E-state index is 13.4. The zero-order valence-corrected chi connectivity index (χ0v) is 20.6. The monoisotopic (exact) mass is 497 g/mol. The third-order valence-electron chi connectivity index (χ3n) is 6.14. The molecule has 2 heterocycles. The molecule has 1 saturated heterocycles. The zero-order chi connectivity index (χ0) is 25.2. The van der Waals surface area contributed by atoms with Gasteiger partial charge in [-0.2, -0.15) is 0 Å². The minimum Gasteiger partial charge on any atom is -0.495 e. The fraction of sp³-hybridized carbons (Fsp3) is 0.280. The third-order valence-corrected chi connectivity index (χ3v) is 7.91. The number of amides is 2. The lowest BCUT2D eigenvalue weighted by molar-refractivity contribution is 0.0534. The fourth-order valence-corrected chi connectivity index (χ4v) is 5.25. The Morgan fingerprint density at radius 3 is 2.26 bits per heavy atom. The number of carbonyl (C=O) groups excluding carboxylic acids is 2. The summed E-state index contributed by atoms with van der Waals surface area (Å²) in [5.41, 5.74) is 1.85. The Bertz CT molecular complexity index is 1330. The highest BCUT2D eigenvalue weighted by molar-refractivity contribution is 7.92. The largest absolute Gasteiger partial charge is 0.495 e. The van der Waals surface area contributed by atoms with Crippen LogP contribution in [0, 0.1) is 6.92 Å². The van der Waals surface area contributed by atoms with Gasteiger partial charge in [-0.1, -0.05) is 18.2 Å². The molecule has 0 unspecified atom stereocenters. The summed E-state index contributed by atoms with van der Waals surface area (Å²) in [6, 6.07) is 13.0. The molecule has 3 aromatic rings. The molecule has 9 nitrogen and oxygen atoms in total. The Balaban J connectivity index is 1.53. The molecule has 0 radical (unpaired) electrons. The second-order valence-electron chi connectivity index (χ2n) is 8.22. The van der Waals surface area contributed by atoms with E-state index in [9.17, 15) is 18.0 Å². The molecule has 0 bridgehead atoms. The summed E-state index contributed by atoms with van der Waals surface area (Å²) in [7, 11) is -1.03. The van der Waals surface area contributed by atoms with Gasteiger partial charge in [-0.25, -0.2) is 8.42 Å². The Morgan fingerprint density at radius 1 is 0.971 bits per heavy atom. The number of para-hydroxylation sites is 2. The minimum atomic E-state index is -3.95. The van der Waals surface area contributed by atoms with E-state index in [0.29, 0.717) is 54.3 Å². The topological polar surface area (TPSA) is 100 Å². The van der Waals surface area contributed by atoms with E-state index in [2.05, 4.69) is 0 Å². The number of hydrogen-bond donors (Lipinski definition) is 0. The highest BCUT2D eigenvalue weighted by Gasteiger charge is 2.29. The van der Waals surface area contributed by atoms with E-state index >= 15 is 0 Å². The third kappa shape index (κ3) is 4.74. The molecule has 0 spiro atoms. The van der Waals surface area contributed by atoms with E-state index in [0.717, 1.165) is 4.31 Å².